The van der Waals surface area contributed by atoms with Gasteiger partial charge in [-0.15, -0.1) is 0 Å². The molecule has 0 radical (unpaired) electrons. The van der Waals surface area contributed by atoms with E-state index in [0.717, 1.165) is 52.6 Å². The van der Waals surface area contributed by atoms with Gasteiger partial charge >= 0.3 is 0 Å². The van der Waals surface area contributed by atoms with E-state index in [4.69, 9.17) is 4.42 Å². The molecule has 5 aliphatic rings. The van der Waals surface area contributed by atoms with Gasteiger partial charge in [-0.1, -0.05) is 189 Å². The normalized spacial score (nSPS) is 18.3. The molecule has 310 valence electrons. The van der Waals surface area contributed by atoms with Crippen LogP contribution in [0.4, 0.5) is 11.4 Å². The molecule has 0 fully saturated rings. The first kappa shape index (κ1) is 37.8. The molecule has 8 aromatic rings. The minimum Gasteiger partial charge on any atom is -0.456 e. The van der Waals surface area contributed by atoms with Crippen molar-refractivity contribution in [2.45, 2.75) is 43.1 Å². The fraction of sp³-hybridized carbons (Fsp3) is 0.111. The second-order valence-corrected chi connectivity index (χ2v) is 18.1. The van der Waals surface area contributed by atoms with Crippen LogP contribution in [0.2, 0.25) is 0 Å². The second-order valence-electron chi connectivity index (χ2n) is 18.1. The summed E-state index contributed by atoms with van der Waals surface area (Å²) in [5.74, 6) is 0. The van der Waals surface area contributed by atoms with Crippen molar-refractivity contribution < 1.29 is 4.42 Å². The Balaban J connectivity index is 1.14. The molecule has 1 unspecified atom stereocenters. The summed E-state index contributed by atoms with van der Waals surface area (Å²) in [7, 11) is 0. The van der Waals surface area contributed by atoms with E-state index in [1.54, 1.807) is 0 Å². The van der Waals surface area contributed by atoms with Crippen LogP contribution in [0.3, 0.4) is 0 Å². The fourth-order valence-corrected chi connectivity index (χ4v) is 12.7. The standard InChI is InChI=1S/C63H47NO/c1-3-4-31-51-41(2)60-56(63(51)54-34-18-13-28-47(54)48-29-14-19-35-55(48)63)36-21-37-58(60)64(43-24-9-6-10-25-43)44-39-50-49-30-15-20-38-59(49)65-61(50)57(40-44)62(42-22-7-5-8-23-42)52-32-16-11-26-45(52)46-27-12-17-33-53(46)62/h3-4,6-7,9-36,38-40,58H,1,5,8,37H2,2H3/b31-4-. The Kier molecular flexibility index (Phi) is 8.40. The third-order valence-corrected chi connectivity index (χ3v) is 15.1. The van der Waals surface area contributed by atoms with Crippen LogP contribution in [0.15, 0.2) is 251 Å². The summed E-state index contributed by atoms with van der Waals surface area (Å²) >= 11 is 0. The van der Waals surface area contributed by atoms with Gasteiger partial charge in [-0.3, -0.25) is 0 Å². The van der Waals surface area contributed by atoms with E-state index >= 15 is 0 Å². The molecule has 1 atom stereocenters. The summed E-state index contributed by atoms with van der Waals surface area (Å²) in [6, 6.07) is 60.9. The lowest BCUT2D eigenvalue weighted by Gasteiger charge is -2.40. The van der Waals surface area contributed by atoms with Crippen molar-refractivity contribution in [1.82, 2.24) is 0 Å². The van der Waals surface area contributed by atoms with Gasteiger partial charge in [-0.2, -0.15) is 0 Å². The van der Waals surface area contributed by atoms with Gasteiger partial charge in [-0.25, -0.2) is 0 Å². The van der Waals surface area contributed by atoms with Crippen LogP contribution in [-0.4, -0.2) is 6.04 Å². The summed E-state index contributed by atoms with van der Waals surface area (Å²) in [6.07, 6.45) is 21.4. The van der Waals surface area contributed by atoms with E-state index in [9.17, 15) is 0 Å². The minimum absolute atomic E-state index is 0.0276. The third kappa shape index (κ3) is 5.05. The molecule has 1 spiro atoms. The maximum absolute atomic E-state index is 7.18. The van der Waals surface area contributed by atoms with Crippen LogP contribution in [0, 0.1) is 0 Å². The molecule has 0 aliphatic heterocycles. The lowest BCUT2D eigenvalue weighted by molar-refractivity contribution is 0.646. The van der Waals surface area contributed by atoms with E-state index < -0.39 is 10.8 Å². The molecular formula is C63H47NO. The number of benzene rings is 7. The maximum Gasteiger partial charge on any atom is 0.140 e. The number of rotatable bonds is 7. The van der Waals surface area contributed by atoms with Crippen LogP contribution in [0.1, 0.15) is 54.0 Å². The largest absolute Gasteiger partial charge is 0.456 e. The van der Waals surface area contributed by atoms with Crippen LogP contribution >= 0.6 is 0 Å². The Labute approximate surface area is 380 Å². The molecule has 65 heavy (non-hydrogen) atoms. The quantitative estimate of drug-likeness (QED) is 0.149. The van der Waals surface area contributed by atoms with Crippen molar-refractivity contribution in [2.24, 2.45) is 0 Å². The zero-order valence-corrected chi connectivity index (χ0v) is 36.5. The molecule has 1 heterocycles. The summed E-state index contributed by atoms with van der Waals surface area (Å²) < 4.78 is 7.18. The van der Waals surface area contributed by atoms with Crippen molar-refractivity contribution in [3.05, 3.63) is 275 Å². The smallest absolute Gasteiger partial charge is 0.140 e. The van der Waals surface area contributed by atoms with Gasteiger partial charge in [0.05, 0.1) is 16.9 Å². The Hall–Kier alpha value is -7.68. The van der Waals surface area contributed by atoms with Gasteiger partial charge in [-0.05, 0) is 129 Å². The Morgan fingerprint density at radius 2 is 1.18 bits per heavy atom. The van der Waals surface area contributed by atoms with Crippen molar-refractivity contribution in [3.8, 4) is 22.3 Å². The van der Waals surface area contributed by atoms with Crippen molar-refractivity contribution in [3.63, 3.8) is 0 Å². The van der Waals surface area contributed by atoms with Crippen LogP contribution < -0.4 is 4.90 Å². The molecule has 0 amide bonds. The molecular weight excluding hydrogens is 787 g/mol. The molecule has 13 rings (SSSR count). The first-order chi connectivity index (χ1) is 32.2. The molecule has 0 bridgehead atoms. The average molecular weight is 834 g/mol. The fourth-order valence-electron chi connectivity index (χ4n) is 12.7. The van der Waals surface area contributed by atoms with Gasteiger partial charge in [0.15, 0.2) is 0 Å². The van der Waals surface area contributed by atoms with E-state index in [2.05, 4.69) is 225 Å². The summed E-state index contributed by atoms with van der Waals surface area (Å²) in [4.78, 5) is 2.65. The van der Waals surface area contributed by atoms with E-state index in [1.165, 1.54) is 77.9 Å². The van der Waals surface area contributed by atoms with E-state index in [0.29, 0.717) is 0 Å². The molecule has 0 N–H and O–H groups in total. The highest BCUT2D eigenvalue weighted by Crippen LogP contribution is 2.64. The Morgan fingerprint density at radius 1 is 0.585 bits per heavy atom. The number of hydrogen-bond acceptors (Lipinski definition) is 2. The Bertz CT molecular complexity index is 3420. The highest BCUT2D eigenvalue weighted by atomic mass is 16.3. The van der Waals surface area contributed by atoms with Crippen LogP contribution in [0.25, 0.3) is 44.2 Å². The topological polar surface area (TPSA) is 16.4 Å². The van der Waals surface area contributed by atoms with Gasteiger partial charge in [0, 0.05) is 27.7 Å². The predicted octanol–water partition coefficient (Wildman–Crippen LogP) is 16.0. The number of fused-ring (bicyclic) bond motifs is 12. The average Bonchev–Trinajstić information content (AvgIpc) is 4.06. The maximum atomic E-state index is 7.18. The number of para-hydroxylation sites is 2. The van der Waals surface area contributed by atoms with Crippen LogP contribution in [0.5, 0.6) is 0 Å². The lowest BCUT2D eigenvalue weighted by atomic mass is 9.65. The SMILES string of the molecule is C=C/C=C\C1=C(C)C2=C(C=CCC2N(c2ccccc2)c2cc(C3(C4=CCCC=C4)c4ccccc4-c4ccccc43)c3oc4ccccc4c3c2)C12c1ccccc1-c1ccccc12. The zero-order chi connectivity index (χ0) is 43.3. The van der Waals surface area contributed by atoms with Gasteiger partial charge in [0.2, 0.25) is 0 Å². The molecule has 1 aromatic heterocycles. The zero-order valence-electron chi connectivity index (χ0n) is 36.5. The monoisotopic (exact) mass is 833 g/mol. The van der Waals surface area contributed by atoms with Crippen molar-refractivity contribution >= 4 is 33.3 Å². The van der Waals surface area contributed by atoms with Crippen LogP contribution in [-0.2, 0) is 10.8 Å². The van der Waals surface area contributed by atoms with Crippen molar-refractivity contribution in [2.75, 3.05) is 4.90 Å². The lowest BCUT2D eigenvalue weighted by Crippen LogP contribution is -2.36. The number of furan rings is 1. The molecule has 2 nitrogen and oxygen atoms in total. The van der Waals surface area contributed by atoms with Gasteiger partial charge in [0.1, 0.15) is 11.2 Å². The number of anilines is 2. The first-order valence-electron chi connectivity index (χ1n) is 23.1. The number of allylic oxidation sites excluding steroid dienone is 10. The highest BCUT2D eigenvalue weighted by molar-refractivity contribution is 6.09. The summed E-state index contributed by atoms with van der Waals surface area (Å²) in [5, 5.41) is 2.25. The third-order valence-electron chi connectivity index (χ3n) is 15.1. The number of nitrogens with zero attached hydrogens (tertiary/aromatic N) is 1. The van der Waals surface area contributed by atoms with Gasteiger partial charge < -0.3 is 9.32 Å². The minimum atomic E-state index is -0.626. The molecule has 7 aromatic carbocycles. The first-order valence-corrected chi connectivity index (χ1v) is 23.1. The molecule has 0 saturated carbocycles. The molecule has 0 saturated heterocycles. The van der Waals surface area contributed by atoms with E-state index in [1.807, 2.05) is 6.08 Å². The summed E-state index contributed by atoms with van der Waals surface area (Å²) in [6.45, 7) is 6.52. The van der Waals surface area contributed by atoms with Crippen molar-refractivity contribution in [1.29, 1.82) is 0 Å². The van der Waals surface area contributed by atoms with E-state index in [-0.39, 0.29) is 6.04 Å². The van der Waals surface area contributed by atoms with Gasteiger partial charge in [0.25, 0.3) is 0 Å². The second kappa shape index (κ2) is 14.4. The highest BCUT2D eigenvalue weighted by Gasteiger charge is 2.54. The molecule has 5 aliphatic carbocycles. The Morgan fingerprint density at radius 3 is 1.82 bits per heavy atom. The summed E-state index contributed by atoms with van der Waals surface area (Å²) in [5.41, 5.74) is 21.3. The predicted molar refractivity (Wildman–Crippen MR) is 270 cm³/mol. The molecule has 2 heteroatoms. The number of hydrogen-bond donors (Lipinski definition) is 0.